The first-order valence-corrected chi connectivity index (χ1v) is 6.85. The van der Waals surface area contributed by atoms with Crippen LogP contribution in [0.1, 0.15) is 37.9 Å². The Morgan fingerprint density at radius 3 is 2.76 bits per heavy atom. The maximum absolute atomic E-state index is 11.7. The molecule has 0 saturated carbocycles. The molecule has 1 aromatic rings. The maximum Gasteiger partial charge on any atom is 0.237 e. The highest BCUT2D eigenvalue weighted by molar-refractivity contribution is 7.09. The number of hydrogen-bond donors (Lipinski definition) is 2. The van der Waals surface area contributed by atoms with Crippen molar-refractivity contribution in [2.24, 2.45) is 0 Å². The molecular weight excluding hydrogens is 234 g/mol. The Bertz CT molecular complexity index is 364. The van der Waals surface area contributed by atoms with Crippen molar-refractivity contribution in [2.75, 3.05) is 0 Å². The largest absolute Gasteiger partial charge is 0.352 e. The third-order valence-corrected chi connectivity index (χ3v) is 3.47. The summed E-state index contributed by atoms with van der Waals surface area (Å²) in [6, 6.07) is 0.0410. The monoisotopic (exact) mass is 255 g/mol. The van der Waals surface area contributed by atoms with Crippen molar-refractivity contribution in [1.29, 1.82) is 0 Å². The van der Waals surface area contributed by atoms with Gasteiger partial charge < -0.3 is 10.6 Å². The molecule has 0 aromatic carbocycles. The molecule has 0 saturated heterocycles. The maximum atomic E-state index is 11.7. The van der Waals surface area contributed by atoms with Crippen LogP contribution in [0.15, 0.2) is 5.38 Å². The molecule has 1 rings (SSSR count). The van der Waals surface area contributed by atoms with Gasteiger partial charge >= 0.3 is 0 Å². The number of thiazole rings is 1. The molecule has 1 heterocycles. The summed E-state index contributed by atoms with van der Waals surface area (Å²) in [5, 5.41) is 9.19. The van der Waals surface area contributed by atoms with E-state index in [-0.39, 0.29) is 18.0 Å². The average Bonchev–Trinajstić information content (AvgIpc) is 2.71. The van der Waals surface area contributed by atoms with Gasteiger partial charge in [0.15, 0.2) is 0 Å². The standard InChI is InChI=1S/C12H21N3OS/c1-5-8(2)14-12(16)9(3)13-6-11-7-17-10(4)15-11/h7-9,13H,5-6H2,1-4H3,(H,14,16). The van der Waals surface area contributed by atoms with Crippen molar-refractivity contribution in [1.82, 2.24) is 15.6 Å². The van der Waals surface area contributed by atoms with Gasteiger partial charge in [-0.25, -0.2) is 4.98 Å². The SMILES string of the molecule is CCC(C)NC(=O)C(C)NCc1csc(C)n1. The van der Waals surface area contributed by atoms with Crippen molar-refractivity contribution < 1.29 is 4.79 Å². The molecule has 0 aliphatic rings. The van der Waals surface area contributed by atoms with Gasteiger partial charge in [0.05, 0.1) is 16.7 Å². The number of aromatic nitrogens is 1. The van der Waals surface area contributed by atoms with Crippen LogP contribution in [-0.4, -0.2) is 23.0 Å². The van der Waals surface area contributed by atoms with Gasteiger partial charge in [-0.2, -0.15) is 0 Å². The molecule has 1 aromatic heterocycles. The molecule has 17 heavy (non-hydrogen) atoms. The lowest BCUT2D eigenvalue weighted by molar-refractivity contribution is -0.123. The third-order valence-electron chi connectivity index (χ3n) is 2.65. The summed E-state index contributed by atoms with van der Waals surface area (Å²) >= 11 is 1.63. The smallest absolute Gasteiger partial charge is 0.237 e. The van der Waals surface area contributed by atoms with E-state index in [1.165, 1.54) is 0 Å². The summed E-state index contributed by atoms with van der Waals surface area (Å²) < 4.78 is 0. The van der Waals surface area contributed by atoms with Crippen molar-refractivity contribution >= 4 is 17.2 Å². The number of carbonyl (C=O) groups excluding carboxylic acids is 1. The van der Waals surface area contributed by atoms with E-state index in [0.29, 0.717) is 6.54 Å². The minimum Gasteiger partial charge on any atom is -0.352 e. The van der Waals surface area contributed by atoms with Crippen LogP contribution in [0.2, 0.25) is 0 Å². The van der Waals surface area contributed by atoms with Crippen LogP contribution in [0.4, 0.5) is 0 Å². The van der Waals surface area contributed by atoms with Gasteiger partial charge in [0.2, 0.25) is 5.91 Å². The first kappa shape index (κ1) is 14.1. The van der Waals surface area contributed by atoms with E-state index in [1.54, 1.807) is 11.3 Å². The summed E-state index contributed by atoms with van der Waals surface area (Å²) in [4.78, 5) is 16.1. The number of rotatable bonds is 6. The fraction of sp³-hybridized carbons (Fsp3) is 0.667. The second-order valence-corrected chi connectivity index (χ2v) is 5.34. The highest BCUT2D eigenvalue weighted by atomic mass is 32.1. The fourth-order valence-corrected chi connectivity index (χ4v) is 1.92. The molecule has 0 aliphatic carbocycles. The van der Waals surface area contributed by atoms with E-state index in [0.717, 1.165) is 17.1 Å². The van der Waals surface area contributed by atoms with Gasteiger partial charge in [0.25, 0.3) is 0 Å². The topological polar surface area (TPSA) is 54.0 Å². The molecule has 96 valence electrons. The van der Waals surface area contributed by atoms with Gasteiger partial charge in [-0.3, -0.25) is 4.79 Å². The Hall–Kier alpha value is -0.940. The lowest BCUT2D eigenvalue weighted by atomic mass is 10.2. The van der Waals surface area contributed by atoms with Crippen molar-refractivity contribution in [3.8, 4) is 0 Å². The molecule has 0 fully saturated rings. The van der Waals surface area contributed by atoms with E-state index in [2.05, 4.69) is 22.5 Å². The number of hydrogen-bond acceptors (Lipinski definition) is 4. The van der Waals surface area contributed by atoms with E-state index >= 15 is 0 Å². The number of carbonyl (C=O) groups is 1. The summed E-state index contributed by atoms with van der Waals surface area (Å²) in [6.07, 6.45) is 0.948. The van der Waals surface area contributed by atoms with E-state index in [4.69, 9.17) is 0 Å². The normalized spacial score (nSPS) is 14.4. The highest BCUT2D eigenvalue weighted by Crippen LogP contribution is 2.07. The molecule has 0 bridgehead atoms. The number of aryl methyl sites for hydroxylation is 1. The van der Waals surface area contributed by atoms with E-state index < -0.39 is 0 Å². The van der Waals surface area contributed by atoms with Gasteiger partial charge in [0.1, 0.15) is 0 Å². The first-order valence-electron chi connectivity index (χ1n) is 5.97. The van der Waals surface area contributed by atoms with Crippen LogP contribution in [0.25, 0.3) is 0 Å². The molecular formula is C12H21N3OS. The van der Waals surface area contributed by atoms with Gasteiger partial charge in [-0.15, -0.1) is 11.3 Å². The lowest BCUT2D eigenvalue weighted by Crippen LogP contribution is -2.45. The average molecular weight is 255 g/mol. The molecule has 5 heteroatoms. The Morgan fingerprint density at radius 1 is 1.53 bits per heavy atom. The Morgan fingerprint density at radius 2 is 2.24 bits per heavy atom. The van der Waals surface area contributed by atoms with Gasteiger partial charge in [-0.1, -0.05) is 6.92 Å². The van der Waals surface area contributed by atoms with Gasteiger partial charge in [-0.05, 0) is 27.2 Å². The first-order chi connectivity index (χ1) is 8.02. The van der Waals surface area contributed by atoms with Crippen LogP contribution in [-0.2, 0) is 11.3 Å². The predicted octanol–water partition coefficient (Wildman–Crippen LogP) is 1.84. The van der Waals surface area contributed by atoms with Crippen LogP contribution >= 0.6 is 11.3 Å². The highest BCUT2D eigenvalue weighted by Gasteiger charge is 2.14. The second-order valence-electron chi connectivity index (χ2n) is 4.28. The minimum absolute atomic E-state index is 0.0475. The lowest BCUT2D eigenvalue weighted by Gasteiger charge is -2.16. The molecule has 0 spiro atoms. The summed E-state index contributed by atoms with van der Waals surface area (Å²) in [7, 11) is 0. The Balaban J connectivity index is 2.33. The summed E-state index contributed by atoms with van der Waals surface area (Å²) in [5.41, 5.74) is 0.996. The molecule has 4 nitrogen and oxygen atoms in total. The predicted molar refractivity (Wildman–Crippen MR) is 71.0 cm³/mol. The minimum atomic E-state index is -0.189. The van der Waals surface area contributed by atoms with E-state index in [1.807, 2.05) is 26.2 Å². The summed E-state index contributed by atoms with van der Waals surface area (Å²) in [5.74, 6) is 0.0475. The Labute approximate surface area is 107 Å². The van der Waals surface area contributed by atoms with E-state index in [9.17, 15) is 4.79 Å². The molecule has 2 atom stereocenters. The fourth-order valence-electron chi connectivity index (χ4n) is 1.31. The van der Waals surface area contributed by atoms with Crippen molar-refractivity contribution in [3.05, 3.63) is 16.1 Å². The molecule has 1 amide bonds. The molecule has 0 aliphatic heterocycles. The van der Waals surface area contributed by atoms with Crippen molar-refractivity contribution in [2.45, 2.75) is 52.7 Å². The van der Waals surface area contributed by atoms with Crippen LogP contribution in [0.3, 0.4) is 0 Å². The zero-order valence-corrected chi connectivity index (χ0v) is 11.7. The quantitative estimate of drug-likeness (QED) is 0.815. The van der Waals surface area contributed by atoms with Crippen LogP contribution in [0.5, 0.6) is 0 Å². The number of nitrogens with one attached hydrogen (secondary N) is 2. The van der Waals surface area contributed by atoms with Crippen molar-refractivity contribution in [3.63, 3.8) is 0 Å². The second kappa shape index (κ2) is 6.71. The molecule has 2 N–H and O–H groups in total. The number of nitrogens with zero attached hydrogens (tertiary/aromatic N) is 1. The zero-order chi connectivity index (χ0) is 12.8. The molecule has 2 unspecified atom stereocenters. The van der Waals surface area contributed by atoms with Gasteiger partial charge in [0, 0.05) is 18.0 Å². The third kappa shape index (κ3) is 4.83. The van der Waals surface area contributed by atoms with Crippen LogP contribution < -0.4 is 10.6 Å². The van der Waals surface area contributed by atoms with Crippen LogP contribution in [0, 0.1) is 6.92 Å². The summed E-state index contributed by atoms with van der Waals surface area (Å²) in [6.45, 7) is 8.55. The zero-order valence-electron chi connectivity index (χ0n) is 10.9. The Kier molecular flexibility index (Phi) is 5.58. The number of amides is 1. The molecule has 0 radical (unpaired) electrons.